The van der Waals surface area contributed by atoms with Crippen molar-refractivity contribution in [2.45, 2.75) is 25.7 Å². The maximum atomic E-state index is 14.7. The third-order valence-electron chi connectivity index (χ3n) is 5.12. The van der Waals surface area contributed by atoms with Gasteiger partial charge < -0.3 is 0 Å². The standard InChI is InChI=1S/C22H21F3/c1-3-14-5-8-16(9-6-14)20(23)22(25)19-12-10-17-13-15(4-2)7-11-18(17)21(19)24/h3-4,7,10-14,16H,1-2,5-6,8-9H2. The normalized spacial score (nSPS) is 21.7. The number of hydrogen-bond donors (Lipinski definition) is 0. The SMILES string of the molecule is C=Cc1ccc2c(F)c(C(F)=C(F)C3CCC(C=C)CC3)ccc2c1. The van der Waals surface area contributed by atoms with Gasteiger partial charge in [0.15, 0.2) is 5.83 Å². The zero-order valence-corrected chi connectivity index (χ0v) is 14.1. The fourth-order valence-corrected chi connectivity index (χ4v) is 3.52. The minimum Gasteiger partial charge on any atom is -0.208 e. The Hall–Kier alpha value is -2.29. The maximum Gasteiger partial charge on any atom is 0.165 e. The van der Waals surface area contributed by atoms with Crippen LogP contribution in [-0.2, 0) is 0 Å². The summed E-state index contributed by atoms with van der Waals surface area (Å²) in [4.78, 5) is 0. The monoisotopic (exact) mass is 342 g/mol. The smallest absolute Gasteiger partial charge is 0.165 e. The molecular formula is C22H21F3. The highest BCUT2D eigenvalue weighted by atomic mass is 19.2. The van der Waals surface area contributed by atoms with Crippen LogP contribution in [0.5, 0.6) is 0 Å². The van der Waals surface area contributed by atoms with Crippen molar-refractivity contribution in [1.82, 2.24) is 0 Å². The van der Waals surface area contributed by atoms with Crippen molar-refractivity contribution in [3.63, 3.8) is 0 Å². The molecule has 1 saturated carbocycles. The molecule has 3 rings (SSSR count). The summed E-state index contributed by atoms with van der Waals surface area (Å²) in [5.74, 6) is -2.74. The molecule has 0 N–H and O–H groups in total. The average Bonchev–Trinajstić information content (AvgIpc) is 2.67. The van der Waals surface area contributed by atoms with Gasteiger partial charge in [-0.3, -0.25) is 0 Å². The first-order valence-electron chi connectivity index (χ1n) is 8.58. The van der Waals surface area contributed by atoms with Crippen LogP contribution < -0.4 is 0 Å². The number of fused-ring (bicyclic) bond motifs is 1. The Balaban J connectivity index is 1.96. The number of halogens is 3. The minimum atomic E-state index is -1.07. The molecule has 2 aromatic carbocycles. The first-order chi connectivity index (χ1) is 12.0. The fourth-order valence-electron chi connectivity index (χ4n) is 3.52. The van der Waals surface area contributed by atoms with Crippen LogP contribution in [0.2, 0.25) is 0 Å². The van der Waals surface area contributed by atoms with Gasteiger partial charge in [0.2, 0.25) is 0 Å². The first-order valence-corrected chi connectivity index (χ1v) is 8.58. The highest BCUT2D eigenvalue weighted by Crippen LogP contribution is 2.39. The molecule has 0 amide bonds. The molecule has 25 heavy (non-hydrogen) atoms. The lowest BCUT2D eigenvalue weighted by Crippen LogP contribution is -2.14. The minimum absolute atomic E-state index is 0.279. The third-order valence-corrected chi connectivity index (χ3v) is 5.12. The summed E-state index contributed by atoms with van der Waals surface area (Å²) >= 11 is 0. The molecule has 3 heteroatoms. The number of benzene rings is 2. The Morgan fingerprint density at radius 3 is 2.36 bits per heavy atom. The van der Waals surface area contributed by atoms with Gasteiger partial charge in [0.05, 0.1) is 0 Å². The van der Waals surface area contributed by atoms with Crippen LogP contribution in [0.15, 0.2) is 55.4 Å². The summed E-state index contributed by atoms with van der Waals surface area (Å²) in [6.07, 6.45) is 6.24. The van der Waals surface area contributed by atoms with Crippen LogP contribution in [0.25, 0.3) is 22.7 Å². The zero-order valence-electron chi connectivity index (χ0n) is 14.1. The van der Waals surface area contributed by atoms with Crippen LogP contribution in [0.1, 0.15) is 36.8 Å². The molecule has 0 aliphatic heterocycles. The van der Waals surface area contributed by atoms with E-state index in [1.807, 2.05) is 6.08 Å². The Morgan fingerprint density at radius 1 is 1.00 bits per heavy atom. The molecule has 130 valence electrons. The highest BCUT2D eigenvalue weighted by molar-refractivity contribution is 5.88. The quantitative estimate of drug-likeness (QED) is 0.514. The molecule has 0 spiro atoms. The molecule has 1 fully saturated rings. The Kier molecular flexibility index (Phi) is 5.12. The van der Waals surface area contributed by atoms with Gasteiger partial charge in [0.1, 0.15) is 11.6 Å². The van der Waals surface area contributed by atoms with Crippen LogP contribution >= 0.6 is 0 Å². The third kappa shape index (κ3) is 3.41. The van der Waals surface area contributed by atoms with E-state index in [0.717, 1.165) is 18.4 Å². The van der Waals surface area contributed by atoms with E-state index in [1.165, 1.54) is 6.07 Å². The molecule has 0 radical (unpaired) electrons. The summed E-state index contributed by atoms with van der Waals surface area (Å²) in [6.45, 7) is 7.43. The van der Waals surface area contributed by atoms with Crippen molar-refractivity contribution in [1.29, 1.82) is 0 Å². The van der Waals surface area contributed by atoms with E-state index in [2.05, 4.69) is 13.2 Å². The van der Waals surface area contributed by atoms with E-state index >= 15 is 0 Å². The van der Waals surface area contributed by atoms with Crippen molar-refractivity contribution >= 4 is 22.7 Å². The Bertz CT molecular complexity index is 840. The van der Waals surface area contributed by atoms with Crippen LogP contribution in [0.4, 0.5) is 13.2 Å². The molecule has 1 aliphatic carbocycles. The average molecular weight is 342 g/mol. The Morgan fingerprint density at radius 2 is 1.72 bits per heavy atom. The molecule has 1 aliphatic rings. The van der Waals surface area contributed by atoms with E-state index in [-0.39, 0.29) is 10.9 Å². The molecule has 0 unspecified atom stereocenters. The van der Waals surface area contributed by atoms with Gasteiger partial charge in [-0.05, 0) is 54.7 Å². The fraction of sp³-hybridized carbons (Fsp3) is 0.273. The number of hydrogen-bond acceptors (Lipinski definition) is 0. The second-order valence-electron chi connectivity index (χ2n) is 6.62. The van der Waals surface area contributed by atoms with Gasteiger partial charge in [-0.2, -0.15) is 0 Å². The lowest BCUT2D eigenvalue weighted by Gasteiger charge is -2.25. The summed E-state index contributed by atoms with van der Waals surface area (Å²) in [5, 5.41) is 0.916. The molecule has 0 saturated heterocycles. The molecule has 0 aromatic heterocycles. The van der Waals surface area contributed by atoms with Gasteiger partial charge in [-0.15, -0.1) is 6.58 Å². The summed E-state index contributed by atoms with van der Waals surface area (Å²) in [6, 6.07) is 7.98. The van der Waals surface area contributed by atoms with Crippen LogP contribution in [0.3, 0.4) is 0 Å². The van der Waals surface area contributed by atoms with E-state index in [0.29, 0.717) is 24.1 Å². The van der Waals surface area contributed by atoms with Crippen molar-refractivity contribution in [2.24, 2.45) is 11.8 Å². The second kappa shape index (κ2) is 7.30. The van der Waals surface area contributed by atoms with E-state index in [1.54, 1.807) is 30.3 Å². The molecule has 0 heterocycles. The molecule has 0 atom stereocenters. The molecule has 0 bridgehead atoms. The molecule has 0 nitrogen and oxygen atoms in total. The molecular weight excluding hydrogens is 321 g/mol. The predicted molar refractivity (Wildman–Crippen MR) is 98.8 cm³/mol. The van der Waals surface area contributed by atoms with Crippen LogP contribution in [0, 0.1) is 17.7 Å². The van der Waals surface area contributed by atoms with Gasteiger partial charge in [0.25, 0.3) is 0 Å². The maximum absolute atomic E-state index is 14.7. The summed E-state index contributed by atoms with van der Waals surface area (Å²) in [5.41, 5.74) is 0.544. The van der Waals surface area contributed by atoms with E-state index in [9.17, 15) is 13.2 Å². The number of allylic oxidation sites excluding steroid dienone is 2. The lowest BCUT2D eigenvalue weighted by molar-refractivity contribution is 0.305. The topological polar surface area (TPSA) is 0 Å². The largest absolute Gasteiger partial charge is 0.208 e. The number of rotatable bonds is 4. The van der Waals surface area contributed by atoms with Crippen molar-refractivity contribution in [2.75, 3.05) is 0 Å². The van der Waals surface area contributed by atoms with Gasteiger partial charge >= 0.3 is 0 Å². The summed E-state index contributed by atoms with van der Waals surface area (Å²) < 4.78 is 44.0. The lowest BCUT2D eigenvalue weighted by atomic mass is 9.81. The van der Waals surface area contributed by atoms with Gasteiger partial charge in [-0.25, -0.2) is 13.2 Å². The van der Waals surface area contributed by atoms with Crippen LogP contribution in [-0.4, -0.2) is 0 Å². The van der Waals surface area contributed by atoms with Gasteiger partial charge in [-0.1, -0.05) is 36.9 Å². The Labute approximate surface area is 146 Å². The summed E-state index contributed by atoms with van der Waals surface area (Å²) in [7, 11) is 0. The zero-order chi connectivity index (χ0) is 18.0. The first kappa shape index (κ1) is 17.5. The van der Waals surface area contributed by atoms with Crippen molar-refractivity contribution in [3.05, 3.63) is 72.3 Å². The van der Waals surface area contributed by atoms with Crippen molar-refractivity contribution in [3.8, 4) is 0 Å². The van der Waals surface area contributed by atoms with Gasteiger partial charge in [0, 0.05) is 16.9 Å². The predicted octanol–water partition coefficient (Wildman–Crippen LogP) is 7.22. The molecule has 2 aromatic rings. The highest BCUT2D eigenvalue weighted by Gasteiger charge is 2.27. The second-order valence-corrected chi connectivity index (χ2v) is 6.62. The van der Waals surface area contributed by atoms with E-state index in [4.69, 9.17) is 0 Å². The van der Waals surface area contributed by atoms with Crippen molar-refractivity contribution < 1.29 is 13.2 Å². The van der Waals surface area contributed by atoms with E-state index < -0.39 is 23.4 Å².